The fourth-order valence-electron chi connectivity index (χ4n) is 1.71. The Hall–Kier alpha value is -2.51. The second-order valence-corrected chi connectivity index (χ2v) is 4.21. The standard InChI is InChI=1S/C13H8F4N2O2/c1-6-5-18-10(11(19-6)12(20)21)8-4-7(13(15,16)17)2-3-9(8)14/h2-5H,1H3,(H,20,21). The van der Waals surface area contributed by atoms with Crippen LogP contribution in [0.4, 0.5) is 17.6 Å². The maximum atomic E-state index is 13.8. The molecule has 0 aliphatic carbocycles. The third kappa shape index (κ3) is 2.99. The van der Waals surface area contributed by atoms with E-state index in [1.54, 1.807) is 0 Å². The summed E-state index contributed by atoms with van der Waals surface area (Å²) in [5, 5.41) is 9.02. The molecule has 0 amide bonds. The van der Waals surface area contributed by atoms with Crippen molar-refractivity contribution in [3.63, 3.8) is 0 Å². The minimum absolute atomic E-state index is 0.253. The second kappa shape index (κ2) is 5.12. The SMILES string of the molecule is Cc1cnc(-c2cc(C(F)(F)F)ccc2F)c(C(=O)O)n1. The summed E-state index contributed by atoms with van der Waals surface area (Å²) in [5.74, 6) is -2.51. The summed E-state index contributed by atoms with van der Waals surface area (Å²) in [7, 11) is 0. The van der Waals surface area contributed by atoms with Gasteiger partial charge in [0.2, 0.25) is 0 Å². The summed E-state index contributed by atoms with van der Waals surface area (Å²) < 4.78 is 51.8. The van der Waals surface area contributed by atoms with Gasteiger partial charge in [0, 0.05) is 11.8 Å². The molecule has 2 rings (SSSR count). The Morgan fingerprint density at radius 1 is 1.29 bits per heavy atom. The quantitative estimate of drug-likeness (QED) is 0.864. The number of alkyl halides is 3. The molecule has 0 saturated heterocycles. The second-order valence-electron chi connectivity index (χ2n) is 4.21. The van der Waals surface area contributed by atoms with Crippen LogP contribution >= 0.6 is 0 Å². The molecule has 0 aliphatic rings. The Morgan fingerprint density at radius 3 is 2.52 bits per heavy atom. The third-order valence-electron chi connectivity index (χ3n) is 2.64. The van der Waals surface area contributed by atoms with Crippen LogP contribution < -0.4 is 0 Å². The van der Waals surface area contributed by atoms with E-state index in [4.69, 9.17) is 5.11 Å². The molecule has 0 bridgehead atoms. The van der Waals surface area contributed by atoms with Crippen molar-refractivity contribution in [2.24, 2.45) is 0 Å². The molecule has 1 aromatic carbocycles. The van der Waals surface area contributed by atoms with Gasteiger partial charge in [-0.05, 0) is 25.1 Å². The Bertz CT molecular complexity index is 714. The first-order chi connectivity index (χ1) is 9.70. The van der Waals surface area contributed by atoms with Crippen LogP contribution in [0.5, 0.6) is 0 Å². The van der Waals surface area contributed by atoms with Crippen molar-refractivity contribution < 1.29 is 27.5 Å². The molecule has 4 nitrogen and oxygen atoms in total. The van der Waals surface area contributed by atoms with Crippen LogP contribution in [-0.2, 0) is 6.18 Å². The average molecular weight is 300 g/mol. The summed E-state index contributed by atoms with van der Waals surface area (Å²) in [5.41, 5.74) is -2.46. The van der Waals surface area contributed by atoms with Crippen molar-refractivity contribution >= 4 is 5.97 Å². The largest absolute Gasteiger partial charge is 0.476 e. The number of aromatic nitrogens is 2. The third-order valence-corrected chi connectivity index (χ3v) is 2.64. The highest BCUT2D eigenvalue weighted by Crippen LogP contribution is 2.33. The number of carbonyl (C=O) groups is 1. The minimum Gasteiger partial charge on any atom is -0.476 e. The van der Waals surface area contributed by atoms with Crippen LogP contribution in [0.3, 0.4) is 0 Å². The van der Waals surface area contributed by atoms with Gasteiger partial charge in [-0.2, -0.15) is 13.2 Å². The molecule has 1 aromatic heterocycles. The first kappa shape index (κ1) is 14.9. The first-order valence-corrected chi connectivity index (χ1v) is 5.64. The first-order valence-electron chi connectivity index (χ1n) is 5.64. The highest BCUT2D eigenvalue weighted by Gasteiger charge is 2.32. The van der Waals surface area contributed by atoms with E-state index in [9.17, 15) is 22.4 Å². The van der Waals surface area contributed by atoms with E-state index in [0.29, 0.717) is 18.2 Å². The Balaban J connectivity index is 2.70. The van der Waals surface area contributed by atoms with Gasteiger partial charge in [0.05, 0.1) is 11.3 Å². The van der Waals surface area contributed by atoms with Crippen molar-refractivity contribution in [2.45, 2.75) is 13.1 Å². The minimum atomic E-state index is -4.68. The molecule has 0 radical (unpaired) electrons. The van der Waals surface area contributed by atoms with Crippen LogP contribution in [0.25, 0.3) is 11.3 Å². The summed E-state index contributed by atoms with van der Waals surface area (Å²) in [4.78, 5) is 18.5. The number of aryl methyl sites for hydroxylation is 1. The van der Waals surface area contributed by atoms with E-state index in [-0.39, 0.29) is 5.69 Å². The molecular weight excluding hydrogens is 292 g/mol. The van der Waals surface area contributed by atoms with E-state index >= 15 is 0 Å². The molecule has 0 fully saturated rings. The fourth-order valence-corrected chi connectivity index (χ4v) is 1.71. The van der Waals surface area contributed by atoms with Crippen LogP contribution in [-0.4, -0.2) is 21.0 Å². The van der Waals surface area contributed by atoms with E-state index in [1.165, 1.54) is 6.92 Å². The molecule has 8 heteroatoms. The van der Waals surface area contributed by atoms with Crippen molar-refractivity contribution in [3.05, 3.63) is 47.2 Å². The van der Waals surface area contributed by atoms with Gasteiger partial charge in [-0.15, -0.1) is 0 Å². The predicted octanol–water partition coefficient (Wildman–Crippen LogP) is 3.31. The van der Waals surface area contributed by atoms with Crippen LogP contribution in [0.15, 0.2) is 24.4 Å². The number of rotatable bonds is 2. The van der Waals surface area contributed by atoms with Crippen molar-refractivity contribution in [1.82, 2.24) is 9.97 Å². The van der Waals surface area contributed by atoms with E-state index < -0.39 is 40.5 Å². The molecule has 0 atom stereocenters. The maximum Gasteiger partial charge on any atom is 0.416 e. The van der Waals surface area contributed by atoms with Crippen molar-refractivity contribution in [2.75, 3.05) is 0 Å². The van der Waals surface area contributed by atoms with Crippen LogP contribution in [0.2, 0.25) is 0 Å². The number of hydrogen-bond acceptors (Lipinski definition) is 3. The summed E-state index contributed by atoms with van der Waals surface area (Å²) in [6.07, 6.45) is -3.52. The lowest BCUT2D eigenvalue weighted by atomic mass is 10.0. The number of carboxylic acid groups (broad SMARTS) is 1. The molecule has 0 aliphatic heterocycles. The molecule has 110 valence electrons. The van der Waals surface area contributed by atoms with E-state index in [2.05, 4.69) is 9.97 Å². The molecule has 0 spiro atoms. The van der Waals surface area contributed by atoms with Gasteiger partial charge in [0.25, 0.3) is 0 Å². The zero-order valence-corrected chi connectivity index (χ0v) is 10.6. The number of halogens is 4. The lowest BCUT2D eigenvalue weighted by Crippen LogP contribution is -2.09. The van der Waals surface area contributed by atoms with Gasteiger partial charge in [-0.3, -0.25) is 4.98 Å². The number of aromatic carboxylic acids is 1. The molecule has 1 heterocycles. The van der Waals surface area contributed by atoms with Gasteiger partial charge in [-0.1, -0.05) is 0 Å². The fraction of sp³-hybridized carbons (Fsp3) is 0.154. The number of hydrogen-bond donors (Lipinski definition) is 1. The van der Waals surface area contributed by atoms with Gasteiger partial charge in [0.15, 0.2) is 5.69 Å². The summed E-state index contributed by atoms with van der Waals surface area (Å²) >= 11 is 0. The average Bonchev–Trinajstić information content (AvgIpc) is 2.38. The van der Waals surface area contributed by atoms with Crippen molar-refractivity contribution in [1.29, 1.82) is 0 Å². The Kier molecular flexibility index (Phi) is 3.63. The zero-order chi connectivity index (χ0) is 15.8. The number of benzene rings is 1. The maximum absolute atomic E-state index is 13.8. The van der Waals surface area contributed by atoms with Gasteiger partial charge >= 0.3 is 12.1 Å². The Labute approximate surface area is 116 Å². The highest BCUT2D eigenvalue weighted by molar-refractivity contribution is 5.92. The van der Waals surface area contributed by atoms with E-state index in [1.807, 2.05) is 0 Å². The van der Waals surface area contributed by atoms with Crippen LogP contribution in [0, 0.1) is 12.7 Å². The molecule has 0 unspecified atom stereocenters. The zero-order valence-electron chi connectivity index (χ0n) is 10.6. The highest BCUT2D eigenvalue weighted by atomic mass is 19.4. The lowest BCUT2D eigenvalue weighted by molar-refractivity contribution is -0.137. The molecular formula is C13H8F4N2O2. The molecule has 0 saturated carbocycles. The normalized spacial score (nSPS) is 11.5. The number of carboxylic acids is 1. The predicted molar refractivity (Wildman–Crippen MR) is 64.1 cm³/mol. The van der Waals surface area contributed by atoms with Gasteiger partial charge in [0.1, 0.15) is 11.5 Å². The monoisotopic (exact) mass is 300 g/mol. The van der Waals surface area contributed by atoms with Gasteiger partial charge in [-0.25, -0.2) is 14.2 Å². The molecule has 21 heavy (non-hydrogen) atoms. The molecule has 2 aromatic rings. The van der Waals surface area contributed by atoms with E-state index in [0.717, 1.165) is 6.20 Å². The lowest BCUT2D eigenvalue weighted by Gasteiger charge is -2.11. The van der Waals surface area contributed by atoms with Crippen LogP contribution in [0.1, 0.15) is 21.7 Å². The summed E-state index contributed by atoms with van der Waals surface area (Å²) in [6.45, 7) is 1.46. The smallest absolute Gasteiger partial charge is 0.416 e. The van der Waals surface area contributed by atoms with Gasteiger partial charge < -0.3 is 5.11 Å². The molecule has 1 N–H and O–H groups in total. The van der Waals surface area contributed by atoms with Crippen molar-refractivity contribution in [3.8, 4) is 11.3 Å². The summed E-state index contributed by atoms with van der Waals surface area (Å²) in [6, 6.07) is 1.70. The Morgan fingerprint density at radius 2 is 1.95 bits per heavy atom. The topological polar surface area (TPSA) is 63.1 Å². The number of nitrogens with zero attached hydrogens (tertiary/aromatic N) is 2.